The van der Waals surface area contributed by atoms with Crippen LogP contribution in [0.5, 0.6) is 11.5 Å². The third kappa shape index (κ3) is 5.96. The number of rotatable bonds is 8. The van der Waals surface area contributed by atoms with Gasteiger partial charge in [-0.05, 0) is 48.2 Å². The van der Waals surface area contributed by atoms with Gasteiger partial charge in [-0.15, -0.1) is 10.1 Å². The summed E-state index contributed by atoms with van der Waals surface area (Å²) in [4.78, 5) is 26.1. The van der Waals surface area contributed by atoms with Crippen molar-refractivity contribution in [3.05, 3.63) is 69.8 Å². The Morgan fingerprint density at radius 3 is 2.29 bits per heavy atom. The Labute approximate surface area is 138 Å². The van der Waals surface area contributed by atoms with E-state index in [9.17, 15) is 20.0 Å². The Morgan fingerprint density at radius 1 is 1.04 bits per heavy atom. The highest BCUT2D eigenvalue weighted by atomic mass is 16.9. The summed E-state index contributed by atoms with van der Waals surface area (Å²) in [7, 11) is 0. The van der Waals surface area contributed by atoms with E-state index in [1.165, 1.54) is 24.3 Å². The highest BCUT2D eigenvalue weighted by molar-refractivity contribution is 5.75. The van der Waals surface area contributed by atoms with E-state index in [0.717, 1.165) is 11.1 Å². The monoisotopic (exact) mass is 331 g/mol. The molecule has 126 valence electrons. The molecule has 2 rings (SSSR count). The molecule has 1 N–H and O–H groups in total. The van der Waals surface area contributed by atoms with Crippen LogP contribution < -0.4 is 4.74 Å². The van der Waals surface area contributed by atoms with Gasteiger partial charge in [0.15, 0.2) is 0 Å². The SMILES string of the molecule is O=C(Cc1ccc(CCCO[N+](=O)[O-])cc1)Oc1ccc(O)cc1. The predicted octanol–water partition coefficient (Wildman–Crippen LogP) is 2.68. The summed E-state index contributed by atoms with van der Waals surface area (Å²) >= 11 is 0. The van der Waals surface area contributed by atoms with Gasteiger partial charge in [0.1, 0.15) is 11.5 Å². The van der Waals surface area contributed by atoms with Crippen LogP contribution in [0.3, 0.4) is 0 Å². The van der Waals surface area contributed by atoms with Crippen LogP contribution in [0.1, 0.15) is 17.5 Å². The molecule has 0 aliphatic carbocycles. The first kappa shape index (κ1) is 17.3. The van der Waals surface area contributed by atoms with Crippen LogP contribution in [0.2, 0.25) is 0 Å². The highest BCUT2D eigenvalue weighted by Gasteiger charge is 2.07. The molecule has 0 unspecified atom stereocenters. The minimum absolute atomic E-state index is 0.0632. The van der Waals surface area contributed by atoms with Crippen molar-refractivity contribution >= 4 is 5.97 Å². The standard InChI is InChI=1S/C17H17NO6/c19-15-7-9-16(10-8-15)24-17(20)12-14-5-3-13(4-6-14)2-1-11-23-18(21)22/h3-10,19H,1-2,11-12H2. The second-order valence-corrected chi connectivity index (χ2v) is 5.12. The second kappa shape index (κ2) is 8.52. The number of aromatic hydroxyl groups is 1. The topological polar surface area (TPSA) is 98.9 Å². The lowest BCUT2D eigenvalue weighted by atomic mass is 10.1. The molecule has 0 atom stereocenters. The third-order valence-corrected chi connectivity index (χ3v) is 3.25. The molecule has 2 aromatic rings. The van der Waals surface area contributed by atoms with E-state index in [4.69, 9.17) is 4.74 Å². The first-order valence-electron chi connectivity index (χ1n) is 7.38. The minimum Gasteiger partial charge on any atom is -0.508 e. The maximum absolute atomic E-state index is 11.9. The van der Waals surface area contributed by atoms with E-state index >= 15 is 0 Å². The molecule has 7 nitrogen and oxygen atoms in total. The zero-order valence-corrected chi connectivity index (χ0v) is 12.9. The maximum atomic E-state index is 11.9. The average Bonchev–Trinajstić information content (AvgIpc) is 2.55. The minimum atomic E-state index is -0.803. The molecule has 0 radical (unpaired) electrons. The Morgan fingerprint density at radius 2 is 1.67 bits per heavy atom. The summed E-state index contributed by atoms with van der Waals surface area (Å²) in [5.41, 5.74) is 1.82. The number of phenols is 1. The number of esters is 1. The number of ether oxygens (including phenoxy) is 1. The van der Waals surface area contributed by atoms with Crippen LogP contribution in [0.15, 0.2) is 48.5 Å². The van der Waals surface area contributed by atoms with E-state index in [0.29, 0.717) is 18.6 Å². The Kier molecular flexibility index (Phi) is 6.13. The number of aryl methyl sites for hydroxylation is 1. The molecule has 2 aromatic carbocycles. The van der Waals surface area contributed by atoms with Gasteiger partial charge in [0.05, 0.1) is 13.0 Å². The summed E-state index contributed by atoms with van der Waals surface area (Å²) in [6, 6.07) is 13.3. The van der Waals surface area contributed by atoms with Crippen LogP contribution in [0, 0.1) is 10.1 Å². The van der Waals surface area contributed by atoms with Crippen LogP contribution in [-0.2, 0) is 22.5 Å². The molecule has 7 heteroatoms. The first-order chi connectivity index (χ1) is 11.5. The quantitative estimate of drug-likeness (QED) is 0.262. The van der Waals surface area contributed by atoms with Crippen LogP contribution in [-0.4, -0.2) is 22.8 Å². The van der Waals surface area contributed by atoms with Crippen molar-refractivity contribution in [1.82, 2.24) is 0 Å². The van der Waals surface area contributed by atoms with E-state index in [1.54, 1.807) is 0 Å². The number of benzene rings is 2. The van der Waals surface area contributed by atoms with Crippen LogP contribution in [0.25, 0.3) is 0 Å². The zero-order valence-electron chi connectivity index (χ0n) is 12.9. The second-order valence-electron chi connectivity index (χ2n) is 5.12. The number of hydrogen-bond acceptors (Lipinski definition) is 6. The first-order valence-corrected chi connectivity index (χ1v) is 7.38. The zero-order chi connectivity index (χ0) is 17.4. The molecule has 0 aromatic heterocycles. The molecule has 0 aliphatic heterocycles. The van der Waals surface area contributed by atoms with Gasteiger partial charge < -0.3 is 14.7 Å². The van der Waals surface area contributed by atoms with Crippen molar-refractivity contribution in [2.45, 2.75) is 19.3 Å². The normalized spacial score (nSPS) is 10.2. The van der Waals surface area contributed by atoms with E-state index in [2.05, 4.69) is 4.84 Å². The smallest absolute Gasteiger partial charge is 0.315 e. The van der Waals surface area contributed by atoms with Crippen molar-refractivity contribution < 1.29 is 24.6 Å². The van der Waals surface area contributed by atoms with E-state index < -0.39 is 11.1 Å². The summed E-state index contributed by atoms with van der Waals surface area (Å²) in [5.74, 6) is 0.0852. The van der Waals surface area contributed by atoms with E-state index in [-0.39, 0.29) is 18.8 Å². The lowest BCUT2D eigenvalue weighted by Crippen LogP contribution is -2.11. The van der Waals surface area contributed by atoms with Gasteiger partial charge in [-0.3, -0.25) is 4.79 Å². The van der Waals surface area contributed by atoms with Crippen molar-refractivity contribution in [2.24, 2.45) is 0 Å². The van der Waals surface area contributed by atoms with Gasteiger partial charge in [-0.1, -0.05) is 24.3 Å². The molecule has 0 saturated heterocycles. The molecule has 24 heavy (non-hydrogen) atoms. The Bertz CT molecular complexity index is 681. The molecule has 0 amide bonds. The lowest BCUT2D eigenvalue weighted by Gasteiger charge is -2.06. The number of phenolic OH excluding ortho intramolecular Hbond substituents is 1. The fourth-order valence-electron chi connectivity index (χ4n) is 2.09. The van der Waals surface area contributed by atoms with Crippen molar-refractivity contribution in [3.8, 4) is 11.5 Å². The summed E-state index contributed by atoms with van der Waals surface area (Å²) in [6.07, 6.45) is 1.33. The maximum Gasteiger partial charge on any atom is 0.315 e. The van der Waals surface area contributed by atoms with E-state index in [1.807, 2.05) is 24.3 Å². The van der Waals surface area contributed by atoms with Crippen molar-refractivity contribution in [1.29, 1.82) is 0 Å². The largest absolute Gasteiger partial charge is 0.508 e. The Hall–Kier alpha value is -3.09. The van der Waals surface area contributed by atoms with Gasteiger partial charge in [-0.25, -0.2) is 0 Å². The lowest BCUT2D eigenvalue weighted by molar-refractivity contribution is -0.757. The summed E-state index contributed by atoms with van der Waals surface area (Å²) in [5, 5.41) is 18.4. The molecule has 0 spiro atoms. The third-order valence-electron chi connectivity index (χ3n) is 3.25. The van der Waals surface area contributed by atoms with Crippen LogP contribution in [0.4, 0.5) is 0 Å². The summed E-state index contributed by atoms with van der Waals surface area (Å²) in [6.45, 7) is 0.0632. The highest BCUT2D eigenvalue weighted by Crippen LogP contribution is 2.17. The molecular weight excluding hydrogens is 314 g/mol. The number of carbonyl (C=O) groups is 1. The predicted molar refractivity (Wildman–Crippen MR) is 85.2 cm³/mol. The van der Waals surface area contributed by atoms with Gasteiger partial charge in [-0.2, -0.15) is 0 Å². The summed E-state index contributed by atoms with van der Waals surface area (Å²) < 4.78 is 5.17. The average molecular weight is 331 g/mol. The molecule has 0 aliphatic rings. The fraction of sp³-hybridized carbons (Fsp3) is 0.235. The Balaban J connectivity index is 1.79. The van der Waals surface area contributed by atoms with Gasteiger partial charge >= 0.3 is 5.97 Å². The van der Waals surface area contributed by atoms with Gasteiger partial charge in [0, 0.05) is 0 Å². The van der Waals surface area contributed by atoms with Gasteiger partial charge in [0.2, 0.25) is 0 Å². The molecular formula is C17H17NO6. The van der Waals surface area contributed by atoms with Crippen molar-refractivity contribution in [3.63, 3.8) is 0 Å². The molecule has 0 heterocycles. The molecule has 0 saturated carbocycles. The van der Waals surface area contributed by atoms with Gasteiger partial charge in [0.25, 0.3) is 5.09 Å². The number of nitrogens with zero attached hydrogens (tertiary/aromatic N) is 1. The fourth-order valence-corrected chi connectivity index (χ4v) is 2.09. The molecule has 0 fully saturated rings. The van der Waals surface area contributed by atoms with Crippen molar-refractivity contribution in [2.75, 3.05) is 6.61 Å². The molecule has 0 bridgehead atoms. The number of carbonyl (C=O) groups excluding carboxylic acids is 1. The number of hydrogen-bond donors (Lipinski definition) is 1. The van der Waals surface area contributed by atoms with Crippen LogP contribution >= 0.6 is 0 Å².